The van der Waals surface area contributed by atoms with E-state index in [4.69, 9.17) is 4.74 Å². The fraction of sp³-hybridized carbons (Fsp3) is 0.611. The molecule has 1 rings (SSSR count). The van der Waals surface area contributed by atoms with Crippen LogP contribution in [0.2, 0.25) is 0 Å². The Labute approximate surface area is 135 Å². The molecule has 0 bridgehead atoms. The fourth-order valence-corrected chi connectivity index (χ4v) is 2.20. The van der Waals surface area contributed by atoms with Gasteiger partial charge >= 0.3 is 0 Å². The zero-order valence-electron chi connectivity index (χ0n) is 14.7. The molecule has 0 aliphatic heterocycles. The van der Waals surface area contributed by atoms with Crippen molar-refractivity contribution in [3.05, 3.63) is 35.4 Å². The second-order valence-electron chi connectivity index (χ2n) is 5.98. The number of ether oxygens (including phenoxy) is 1. The van der Waals surface area contributed by atoms with Crippen LogP contribution in [-0.4, -0.2) is 39.3 Å². The SMILES string of the molecule is CCOCCNC(=NC)NCC(C)(C)c1ccc(CC)cc1. The van der Waals surface area contributed by atoms with Crippen LogP contribution < -0.4 is 10.6 Å². The zero-order chi connectivity index (χ0) is 16.4. The molecule has 0 aliphatic carbocycles. The first-order valence-electron chi connectivity index (χ1n) is 8.15. The Bertz CT molecular complexity index is 452. The van der Waals surface area contributed by atoms with Crippen LogP contribution in [0.3, 0.4) is 0 Å². The molecule has 0 saturated heterocycles. The van der Waals surface area contributed by atoms with Gasteiger partial charge in [0.15, 0.2) is 5.96 Å². The molecule has 0 heterocycles. The Morgan fingerprint density at radius 3 is 2.36 bits per heavy atom. The topological polar surface area (TPSA) is 45.6 Å². The van der Waals surface area contributed by atoms with E-state index in [-0.39, 0.29) is 5.41 Å². The predicted molar refractivity (Wildman–Crippen MR) is 94.7 cm³/mol. The van der Waals surface area contributed by atoms with Crippen molar-refractivity contribution in [3.8, 4) is 0 Å². The second-order valence-corrected chi connectivity index (χ2v) is 5.98. The lowest BCUT2D eigenvalue weighted by Gasteiger charge is -2.27. The van der Waals surface area contributed by atoms with Crippen molar-refractivity contribution in [1.82, 2.24) is 10.6 Å². The first-order valence-corrected chi connectivity index (χ1v) is 8.15. The van der Waals surface area contributed by atoms with Crippen molar-refractivity contribution in [2.45, 2.75) is 39.5 Å². The van der Waals surface area contributed by atoms with Crippen LogP contribution in [0.4, 0.5) is 0 Å². The van der Waals surface area contributed by atoms with Crippen molar-refractivity contribution < 1.29 is 4.74 Å². The zero-order valence-corrected chi connectivity index (χ0v) is 14.7. The van der Waals surface area contributed by atoms with Crippen molar-refractivity contribution in [1.29, 1.82) is 0 Å². The summed E-state index contributed by atoms with van der Waals surface area (Å²) in [5.74, 6) is 0.818. The molecule has 1 aromatic rings. The number of rotatable bonds is 8. The maximum atomic E-state index is 5.32. The molecule has 0 aliphatic rings. The Morgan fingerprint density at radius 1 is 1.14 bits per heavy atom. The van der Waals surface area contributed by atoms with Crippen molar-refractivity contribution in [2.75, 3.05) is 33.4 Å². The Balaban J connectivity index is 2.51. The van der Waals surface area contributed by atoms with Gasteiger partial charge in [0.2, 0.25) is 0 Å². The first kappa shape index (κ1) is 18.5. The Kier molecular flexibility index (Phi) is 7.96. The number of nitrogens with one attached hydrogen (secondary N) is 2. The van der Waals surface area contributed by atoms with E-state index in [9.17, 15) is 0 Å². The largest absolute Gasteiger partial charge is 0.380 e. The number of guanidine groups is 1. The Morgan fingerprint density at radius 2 is 1.82 bits per heavy atom. The lowest BCUT2D eigenvalue weighted by molar-refractivity contribution is 0.152. The molecular weight excluding hydrogens is 274 g/mol. The minimum absolute atomic E-state index is 0.0454. The van der Waals surface area contributed by atoms with Crippen molar-refractivity contribution in [3.63, 3.8) is 0 Å². The number of benzene rings is 1. The predicted octanol–water partition coefficient (Wildman–Crippen LogP) is 2.73. The fourth-order valence-electron chi connectivity index (χ4n) is 2.20. The molecule has 2 N–H and O–H groups in total. The van der Waals surface area contributed by atoms with Crippen LogP contribution in [0.15, 0.2) is 29.3 Å². The first-order chi connectivity index (χ1) is 10.5. The monoisotopic (exact) mass is 305 g/mol. The normalized spacial score (nSPS) is 12.3. The van der Waals surface area contributed by atoms with Crippen LogP contribution in [0, 0.1) is 0 Å². The third-order valence-electron chi connectivity index (χ3n) is 3.81. The maximum Gasteiger partial charge on any atom is 0.191 e. The van der Waals surface area contributed by atoms with Gasteiger partial charge in [0.05, 0.1) is 6.61 Å². The minimum atomic E-state index is 0.0454. The van der Waals surface area contributed by atoms with Gasteiger partial charge in [0.25, 0.3) is 0 Å². The highest BCUT2D eigenvalue weighted by atomic mass is 16.5. The van der Waals surface area contributed by atoms with E-state index in [1.165, 1.54) is 11.1 Å². The quantitative estimate of drug-likeness (QED) is 0.441. The number of nitrogens with zero attached hydrogens (tertiary/aromatic N) is 1. The van der Waals surface area contributed by atoms with Crippen LogP contribution in [0.1, 0.15) is 38.8 Å². The number of aryl methyl sites for hydroxylation is 1. The molecule has 0 aromatic heterocycles. The molecular formula is C18H31N3O. The summed E-state index contributed by atoms with van der Waals surface area (Å²) in [5, 5.41) is 6.66. The van der Waals surface area contributed by atoms with Crippen molar-refractivity contribution in [2.24, 2.45) is 4.99 Å². The molecule has 0 unspecified atom stereocenters. The van der Waals surface area contributed by atoms with Crippen LogP contribution >= 0.6 is 0 Å². The lowest BCUT2D eigenvalue weighted by Crippen LogP contribution is -2.44. The molecule has 124 valence electrons. The summed E-state index contributed by atoms with van der Waals surface area (Å²) >= 11 is 0. The molecule has 1 aromatic carbocycles. The van der Waals surface area contributed by atoms with E-state index in [0.717, 1.165) is 32.1 Å². The van der Waals surface area contributed by atoms with E-state index in [1.54, 1.807) is 7.05 Å². The molecule has 0 fully saturated rings. The highest BCUT2D eigenvalue weighted by Gasteiger charge is 2.20. The molecule has 0 spiro atoms. The summed E-state index contributed by atoms with van der Waals surface area (Å²) < 4.78 is 5.32. The van der Waals surface area contributed by atoms with Gasteiger partial charge in [0, 0.05) is 32.2 Å². The molecule has 4 heteroatoms. The lowest BCUT2D eigenvalue weighted by atomic mass is 9.84. The third kappa shape index (κ3) is 6.06. The van der Waals surface area contributed by atoms with Crippen LogP contribution in [0.5, 0.6) is 0 Å². The van der Waals surface area contributed by atoms with Gasteiger partial charge in [0.1, 0.15) is 0 Å². The van der Waals surface area contributed by atoms with E-state index in [2.05, 4.69) is 60.7 Å². The number of aliphatic imine (C=N–C) groups is 1. The molecule has 0 saturated carbocycles. The van der Waals surface area contributed by atoms with Gasteiger partial charge < -0.3 is 15.4 Å². The maximum absolute atomic E-state index is 5.32. The average molecular weight is 305 g/mol. The highest BCUT2D eigenvalue weighted by molar-refractivity contribution is 5.79. The molecule has 0 amide bonds. The third-order valence-corrected chi connectivity index (χ3v) is 3.81. The summed E-state index contributed by atoms with van der Waals surface area (Å²) in [6, 6.07) is 8.88. The van der Waals surface area contributed by atoms with E-state index in [1.807, 2.05) is 6.92 Å². The van der Waals surface area contributed by atoms with Crippen molar-refractivity contribution >= 4 is 5.96 Å². The van der Waals surface area contributed by atoms with Crippen LogP contribution in [-0.2, 0) is 16.6 Å². The summed E-state index contributed by atoms with van der Waals surface area (Å²) in [6.07, 6.45) is 1.08. The highest BCUT2D eigenvalue weighted by Crippen LogP contribution is 2.22. The van der Waals surface area contributed by atoms with Gasteiger partial charge in [-0.1, -0.05) is 45.0 Å². The smallest absolute Gasteiger partial charge is 0.191 e. The van der Waals surface area contributed by atoms with Gasteiger partial charge in [-0.3, -0.25) is 4.99 Å². The molecule has 0 radical (unpaired) electrons. The molecule has 4 nitrogen and oxygen atoms in total. The van der Waals surface area contributed by atoms with Gasteiger partial charge in [-0.15, -0.1) is 0 Å². The summed E-state index contributed by atoms with van der Waals surface area (Å²) in [7, 11) is 1.79. The molecule has 22 heavy (non-hydrogen) atoms. The number of hydrogen-bond acceptors (Lipinski definition) is 2. The minimum Gasteiger partial charge on any atom is -0.380 e. The summed E-state index contributed by atoms with van der Waals surface area (Å²) in [5.41, 5.74) is 2.76. The second kappa shape index (κ2) is 9.46. The summed E-state index contributed by atoms with van der Waals surface area (Å²) in [4.78, 5) is 4.25. The van der Waals surface area contributed by atoms with Gasteiger partial charge in [-0.2, -0.15) is 0 Å². The van der Waals surface area contributed by atoms with E-state index in [0.29, 0.717) is 6.61 Å². The van der Waals surface area contributed by atoms with Gasteiger partial charge in [-0.25, -0.2) is 0 Å². The average Bonchev–Trinajstić information content (AvgIpc) is 2.54. The van der Waals surface area contributed by atoms with Gasteiger partial charge in [-0.05, 0) is 24.5 Å². The molecule has 0 atom stereocenters. The standard InChI is InChI=1S/C18H31N3O/c1-6-15-8-10-16(11-9-15)18(3,4)14-21-17(19-5)20-12-13-22-7-2/h8-11H,6-7,12-14H2,1-5H3,(H2,19,20,21). The number of hydrogen-bond donors (Lipinski definition) is 2. The van der Waals surface area contributed by atoms with E-state index >= 15 is 0 Å². The summed E-state index contributed by atoms with van der Waals surface area (Å²) in [6.45, 7) is 11.7. The van der Waals surface area contributed by atoms with Crippen LogP contribution in [0.25, 0.3) is 0 Å². The Hall–Kier alpha value is -1.55. The van der Waals surface area contributed by atoms with E-state index < -0.39 is 0 Å².